The molecule has 1 rings (SSSR count). The molecule has 0 aliphatic carbocycles. The van der Waals surface area contributed by atoms with Gasteiger partial charge < -0.3 is 8.37 Å². The zero-order valence-electron chi connectivity index (χ0n) is 7.73. The van der Waals surface area contributed by atoms with Crippen LogP contribution in [0.2, 0.25) is 0 Å². The van der Waals surface area contributed by atoms with Crippen LogP contribution in [0.15, 0.2) is 24.3 Å². The minimum Gasteiger partial charge on any atom is -0.371 e. The molecular formula is C6H8N2O6S2. The van der Waals surface area contributed by atoms with Gasteiger partial charge in [0.05, 0.1) is 0 Å². The Labute approximate surface area is 92.3 Å². The summed E-state index contributed by atoms with van der Waals surface area (Å²) in [6, 6.07) is 4.82. The number of nitrogens with two attached hydrogens (primary N) is 2. The maximum Gasteiger partial charge on any atom is 0.380 e. The molecule has 0 fully saturated rings. The number of hydrogen-bond acceptors (Lipinski definition) is 6. The van der Waals surface area contributed by atoms with Gasteiger partial charge in [-0.1, -0.05) is 6.07 Å². The second-order valence-electron chi connectivity index (χ2n) is 2.63. The Bertz CT molecular complexity index is 530. The first-order chi connectivity index (χ1) is 7.16. The molecule has 90 valence electrons. The highest BCUT2D eigenvalue weighted by atomic mass is 32.2. The highest BCUT2D eigenvalue weighted by Gasteiger charge is 2.09. The Morgan fingerprint density at radius 2 is 1.25 bits per heavy atom. The molecule has 1 aromatic rings. The molecule has 0 bridgehead atoms. The maximum atomic E-state index is 10.6. The number of benzene rings is 1. The highest BCUT2D eigenvalue weighted by Crippen LogP contribution is 2.20. The predicted octanol–water partition coefficient (Wildman–Crippen LogP) is -1.15. The molecule has 0 saturated heterocycles. The standard InChI is InChI=1S/C6H8N2O6S2/c7-15(9,10)13-5-2-1-3-6(4-5)14-16(8,11)12/h1-4H,(H2,7,9,10)(H2,8,11,12). The molecule has 4 N–H and O–H groups in total. The van der Waals surface area contributed by atoms with Crippen molar-refractivity contribution in [1.82, 2.24) is 0 Å². The summed E-state index contributed by atoms with van der Waals surface area (Å²) in [7, 11) is -8.35. The average Bonchev–Trinajstić information content (AvgIpc) is 1.96. The SMILES string of the molecule is NS(=O)(=O)Oc1cccc(OS(N)(=O)=O)c1. The molecule has 16 heavy (non-hydrogen) atoms. The van der Waals surface area contributed by atoms with E-state index in [0.29, 0.717) is 0 Å². The summed E-state index contributed by atoms with van der Waals surface area (Å²) >= 11 is 0. The van der Waals surface area contributed by atoms with Crippen LogP contribution in [0.4, 0.5) is 0 Å². The Kier molecular flexibility index (Phi) is 3.38. The summed E-state index contributed by atoms with van der Waals surface area (Å²) in [4.78, 5) is 0. The van der Waals surface area contributed by atoms with Crippen molar-refractivity contribution in [3.05, 3.63) is 24.3 Å². The van der Waals surface area contributed by atoms with Crippen LogP contribution in [0, 0.1) is 0 Å². The van der Waals surface area contributed by atoms with Crippen LogP contribution in [0.1, 0.15) is 0 Å². The van der Waals surface area contributed by atoms with Crippen LogP contribution >= 0.6 is 0 Å². The lowest BCUT2D eigenvalue weighted by molar-refractivity contribution is 0.478. The average molecular weight is 268 g/mol. The first kappa shape index (κ1) is 12.7. The third kappa shape index (κ3) is 4.93. The van der Waals surface area contributed by atoms with Crippen LogP contribution < -0.4 is 18.6 Å². The molecule has 0 radical (unpaired) electrons. The van der Waals surface area contributed by atoms with Gasteiger partial charge in [-0.15, -0.1) is 0 Å². The third-order valence-corrected chi connectivity index (χ3v) is 2.08. The molecule has 0 aromatic heterocycles. The lowest BCUT2D eigenvalue weighted by Crippen LogP contribution is -2.20. The van der Waals surface area contributed by atoms with E-state index in [-0.39, 0.29) is 11.5 Å². The van der Waals surface area contributed by atoms with Gasteiger partial charge in [0.1, 0.15) is 11.5 Å². The normalized spacial score (nSPS) is 12.1. The zero-order valence-corrected chi connectivity index (χ0v) is 9.36. The van der Waals surface area contributed by atoms with Gasteiger partial charge in [0.25, 0.3) is 0 Å². The first-order valence-electron chi connectivity index (χ1n) is 3.70. The van der Waals surface area contributed by atoms with Crippen molar-refractivity contribution in [2.75, 3.05) is 0 Å². The van der Waals surface area contributed by atoms with Gasteiger partial charge in [0.2, 0.25) is 0 Å². The summed E-state index contributed by atoms with van der Waals surface area (Å²) in [6.07, 6.45) is 0. The van der Waals surface area contributed by atoms with Crippen molar-refractivity contribution in [3.63, 3.8) is 0 Å². The highest BCUT2D eigenvalue weighted by molar-refractivity contribution is 7.85. The molecule has 10 heteroatoms. The zero-order chi connectivity index (χ0) is 12.4. The Morgan fingerprint density at radius 1 is 0.875 bits per heavy atom. The molecule has 0 spiro atoms. The lowest BCUT2D eigenvalue weighted by Gasteiger charge is -2.05. The minimum absolute atomic E-state index is 0.191. The summed E-state index contributed by atoms with van der Waals surface area (Å²) in [5.74, 6) is -0.382. The van der Waals surface area contributed by atoms with Crippen molar-refractivity contribution in [3.8, 4) is 11.5 Å². The van der Waals surface area contributed by atoms with Gasteiger partial charge >= 0.3 is 20.6 Å². The van der Waals surface area contributed by atoms with Crippen LogP contribution in [0.25, 0.3) is 0 Å². The van der Waals surface area contributed by atoms with E-state index in [2.05, 4.69) is 18.6 Å². The summed E-state index contributed by atoms with van der Waals surface area (Å²) in [5, 5.41) is 9.22. The van der Waals surface area contributed by atoms with Crippen LogP contribution in [0.5, 0.6) is 11.5 Å². The lowest BCUT2D eigenvalue weighted by atomic mass is 10.3. The van der Waals surface area contributed by atoms with E-state index in [4.69, 9.17) is 0 Å². The van der Waals surface area contributed by atoms with E-state index >= 15 is 0 Å². The second kappa shape index (κ2) is 4.25. The Hall–Kier alpha value is -1.36. The summed E-state index contributed by atoms with van der Waals surface area (Å²) in [6.45, 7) is 0. The van der Waals surface area contributed by atoms with Crippen molar-refractivity contribution >= 4 is 20.6 Å². The summed E-state index contributed by atoms with van der Waals surface area (Å²) in [5.41, 5.74) is 0. The Balaban J connectivity index is 2.96. The van der Waals surface area contributed by atoms with Gasteiger partial charge in [-0.3, -0.25) is 0 Å². The minimum atomic E-state index is -4.17. The van der Waals surface area contributed by atoms with E-state index < -0.39 is 20.6 Å². The molecule has 0 amide bonds. The van der Waals surface area contributed by atoms with Gasteiger partial charge in [-0.05, 0) is 12.1 Å². The smallest absolute Gasteiger partial charge is 0.371 e. The Morgan fingerprint density at radius 3 is 1.56 bits per heavy atom. The summed E-state index contributed by atoms with van der Waals surface area (Å²) < 4.78 is 50.9. The fraction of sp³-hybridized carbons (Fsp3) is 0. The molecule has 0 unspecified atom stereocenters. The second-order valence-corrected chi connectivity index (χ2v) is 4.93. The van der Waals surface area contributed by atoms with Gasteiger partial charge in [-0.2, -0.15) is 27.1 Å². The van der Waals surface area contributed by atoms with Gasteiger partial charge in [0.15, 0.2) is 0 Å². The largest absolute Gasteiger partial charge is 0.380 e. The first-order valence-corrected chi connectivity index (χ1v) is 6.64. The molecule has 8 nitrogen and oxygen atoms in total. The van der Waals surface area contributed by atoms with Crippen molar-refractivity contribution < 1.29 is 25.2 Å². The van der Waals surface area contributed by atoms with Crippen LogP contribution in [-0.4, -0.2) is 16.8 Å². The monoisotopic (exact) mass is 268 g/mol. The van der Waals surface area contributed by atoms with Gasteiger partial charge in [-0.25, -0.2) is 0 Å². The molecule has 1 aromatic carbocycles. The maximum absolute atomic E-state index is 10.6. The van der Waals surface area contributed by atoms with E-state index in [0.717, 1.165) is 6.07 Å². The van der Waals surface area contributed by atoms with E-state index in [9.17, 15) is 16.8 Å². The topological polar surface area (TPSA) is 139 Å². The van der Waals surface area contributed by atoms with Crippen molar-refractivity contribution in [2.24, 2.45) is 10.3 Å². The molecule has 0 heterocycles. The number of rotatable bonds is 4. The number of hydrogen-bond donors (Lipinski definition) is 2. The molecule has 0 aliphatic heterocycles. The van der Waals surface area contributed by atoms with Crippen LogP contribution in [-0.2, 0) is 20.6 Å². The quantitative estimate of drug-likeness (QED) is 0.706. The van der Waals surface area contributed by atoms with E-state index in [1.807, 2.05) is 0 Å². The fourth-order valence-electron chi connectivity index (χ4n) is 0.846. The molecule has 0 atom stereocenters. The predicted molar refractivity (Wildman–Crippen MR) is 53.9 cm³/mol. The molecule has 0 saturated carbocycles. The third-order valence-electron chi connectivity index (χ3n) is 1.23. The van der Waals surface area contributed by atoms with Crippen LogP contribution in [0.3, 0.4) is 0 Å². The van der Waals surface area contributed by atoms with Crippen molar-refractivity contribution in [1.29, 1.82) is 0 Å². The van der Waals surface area contributed by atoms with Gasteiger partial charge in [0, 0.05) is 6.07 Å². The van der Waals surface area contributed by atoms with Crippen molar-refractivity contribution in [2.45, 2.75) is 0 Å². The molecular weight excluding hydrogens is 260 g/mol. The molecule has 0 aliphatic rings. The fourth-order valence-corrected chi connectivity index (χ4v) is 1.59. The van der Waals surface area contributed by atoms with E-state index in [1.165, 1.54) is 18.2 Å². The van der Waals surface area contributed by atoms with E-state index in [1.54, 1.807) is 0 Å².